The number of carbonyl (C=O) groups excluding carboxylic acids is 4. The molecule has 0 aromatic heterocycles. The van der Waals surface area contributed by atoms with Crippen LogP contribution in [-0.2, 0) is 25.6 Å². The number of carbonyl (C=O) groups is 4. The fourth-order valence-electron chi connectivity index (χ4n) is 7.23. The van der Waals surface area contributed by atoms with Crippen molar-refractivity contribution in [3.63, 3.8) is 0 Å². The maximum Gasteiger partial charge on any atom is 0.258 e. The second-order valence-electron chi connectivity index (χ2n) is 11.3. The summed E-state index contributed by atoms with van der Waals surface area (Å²) in [5.74, 6) is -21.5. The van der Waals surface area contributed by atoms with Crippen LogP contribution in [-0.4, -0.2) is 50.4 Å². The summed E-state index contributed by atoms with van der Waals surface area (Å²) in [5.41, 5.74) is -1.35. The average molecular weight is 655 g/mol. The topological polar surface area (TPSA) is 95.0 Å². The Balaban J connectivity index is 1.64. The molecule has 0 spiro atoms. The Hall–Kier alpha value is -3.77. The first-order chi connectivity index (χ1) is 20.6. The number of alkyl halides is 2. The smallest absolute Gasteiger partial charge is 0.258 e. The van der Waals surface area contributed by atoms with E-state index < -0.39 is 98.2 Å². The number of nitrogens with zero attached hydrogens (tertiary/aromatic N) is 2. The molecule has 6 atom stereocenters. The molecule has 0 radical (unpaired) electrons. The normalized spacial score (nSPS) is 31.2. The highest BCUT2D eigenvalue weighted by molar-refractivity contribution is 6.58. The van der Waals surface area contributed by atoms with Gasteiger partial charge in [-0.3, -0.25) is 24.1 Å². The number of allylic oxidation sites excluding steroid dienone is 3. The molecule has 2 aliphatic heterocycles. The summed E-state index contributed by atoms with van der Waals surface area (Å²) >= 11 is 14.1. The molecule has 7 nitrogen and oxygen atoms in total. The van der Waals surface area contributed by atoms with Crippen LogP contribution in [0.15, 0.2) is 42.5 Å². The quantitative estimate of drug-likeness (QED) is 0.125. The summed E-state index contributed by atoms with van der Waals surface area (Å²) in [5, 5.41) is 11.4. The zero-order valence-electron chi connectivity index (χ0n) is 22.6. The molecule has 0 bridgehead atoms. The summed E-state index contributed by atoms with van der Waals surface area (Å²) in [6.45, 7) is 3.64. The van der Waals surface area contributed by atoms with Gasteiger partial charge in [-0.25, -0.2) is 26.9 Å². The fourth-order valence-corrected chi connectivity index (χ4v) is 8.16. The number of para-hydroxylation sites is 1. The lowest BCUT2D eigenvalue weighted by molar-refractivity contribution is -0.138. The van der Waals surface area contributed by atoms with Crippen LogP contribution in [0.1, 0.15) is 29.9 Å². The zero-order chi connectivity index (χ0) is 32.2. The number of hydrogen-bond acceptors (Lipinski definition) is 5. The molecule has 3 fully saturated rings. The molecule has 230 valence electrons. The molecule has 1 N–H and O–H groups in total. The minimum atomic E-state index is -2.71. The van der Waals surface area contributed by atoms with Crippen LogP contribution in [0.2, 0.25) is 0 Å². The summed E-state index contributed by atoms with van der Waals surface area (Å²) in [7, 11) is 1.28. The lowest BCUT2D eigenvalue weighted by Crippen LogP contribution is -2.60. The Bertz CT molecular complexity index is 1740. The van der Waals surface area contributed by atoms with Crippen molar-refractivity contribution in [2.75, 3.05) is 11.9 Å². The van der Waals surface area contributed by atoms with Gasteiger partial charge in [-0.05, 0) is 30.7 Å². The summed E-state index contributed by atoms with van der Waals surface area (Å²) in [6.07, 6.45) is 2.57. The predicted molar refractivity (Wildman–Crippen MR) is 146 cm³/mol. The number of phenols is 1. The summed E-state index contributed by atoms with van der Waals surface area (Å²) in [4.78, 5) is 49.8. The number of anilines is 1. The van der Waals surface area contributed by atoms with Gasteiger partial charge in [-0.2, -0.15) is 0 Å². The van der Waals surface area contributed by atoms with Crippen molar-refractivity contribution in [3.8, 4) is 5.75 Å². The second kappa shape index (κ2) is 9.87. The minimum absolute atomic E-state index is 0.0147. The Morgan fingerprint density at radius 1 is 0.955 bits per heavy atom. The Kier molecular flexibility index (Phi) is 6.79. The SMILES string of the molecule is C=CCc1cccc(C2C3=CCC4C(=O)N(C)C(=O)C4C3CC3(Cl)C(=O)N(c4c(F)c(F)c(F)c(F)c4F)C(=O)C23Cl)c1O. The van der Waals surface area contributed by atoms with Crippen LogP contribution in [0.25, 0.3) is 0 Å². The predicted octanol–water partition coefficient (Wildman–Crippen LogP) is 5.01. The van der Waals surface area contributed by atoms with Crippen molar-refractivity contribution < 1.29 is 46.2 Å². The van der Waals surface area contributed by atoms with Crippen molar-refractivity contribution in [3.05, 3.63) is 82.7 Å². The summed E-state index contributed by atoms with van der Waals surface area (Å²) in [6, 6.07) is 4.41. The third kappa shape index (κ3) is 3.55. The van der Waals surface area contributed by atoms with Crippen molar-refractivity contribution in [1.29, 1.82) is 0 Å². The van der Waals surface area contributed by atoms with Crippen LogP contribution in [0.5, 0.6) is 5.75 Å². The monoisotopic (exact) mass is 654 g/mol. The highest BCUT2D eigenvalue weighted by atomic mass is 35.5. The second-order valence-corrected chi connectivity index (χ2v) is 12.5. The molecule has 44 heavy (non-hydrogen) atoms. The molecule has 4 amide bonds. The Morgan fingerprint density at radius 3 is 2.18 bits per heavy atom. The van der Waals surface area contributed by atoms with E-state index in [-0.39, 0.29) is 34.6 Å². The van der Waals surface area contributed by atoms with Gasteiger partial charge in [0.15, 0.2) is 33.0 Å². The molecule has 2 heterocycles. The van der Waals surface area contributed by atoms with E-state index in [2.05, 4.69) is 6.58 Å². The number of hydrogen-bond donors (Lipinski definition) is 1. The molecule has 4 aliphatic rings. The Labute approximate surface area is 256 Å². The number of aromatic hydroxyl groups is 1. The first-order valence-corrected chi connectivity index (χ1v) is 14.1. The van der Waals surface area contributed by atoms with Crippen molar-refractivity contribution >= 4 is 52.5 Å². The highest BCUT2D eigenvalue weighted by Crippen LogP contribution is 2.66. The first kappa shape index (κ1) is 30.3. The molecule has 14 heteroatoms. The molecule has 2 saturated heterocycles. The minimum Gasteiger partial charge on any atom is -0.507 e. The number of fused-ring (bicyclic) bond motifs is 4. The first-order valence-electron chi connectivity index (χ1n) is 13.4. The van der Waals surface area contributed by atoms with E-state index in [0.717, 1.165) is 4.90 Å². The molecular formula is C30H21Cl2F5N2O5. The van der Waals surface area contributed by atoms with E-state index in [4.69, 9.17) is 23.2 Å². The average Bonchev–Trinajstić information content (AvgIpc) is 3.30. The molecule has 2 aliphatic carbocycles. The number of likely N-dealkylation sites (tertiary alicyclic amines) is 1. The van der Waals surface area contributed by atoms with Crippen LogP contribution < -0.4 is 4.90 Å². The van der Waals surface area contributed by atoms with Gasteiger partial charge in [0, 0.05) is 18.5 Å². The van der Waals surface area contributed by atoms with Gasteiger partial charge in [-0.1, -0.05) is 35.9 Å². The maximum atomic E-state index is 15.1. The number of rotatable bonds is 4. The van der Waals surface area contributed by atoms with Gasteiger partial charge < -0.3 is 5.11 Å². The van der Waals surface area contributed by atoms with E-state index in [0.29, 0.717) is 5.56 Å². The van der Waals surface area contributed by atoms with Crippen LogP contribution in [0.4, 0.5) is 27.6 Å². The summed E-state index contributed by atoms with van der Waals surface area (Å²) < 4.78 is 72.6. The lowest BCUT2D eigenvalue weighted by Gasteiger charge is -2.50. The third-order valence-corrected chi connectivity index (χ3v) is 10.7. The van der Waals surface area contributed by atoms with E-state index in [9.17, 15) is 37.5 Å². The van der Waals surface area contributed by atoms with Crippen LogP contribution in [0.3, 0.4) is 0 Å². The molecule has 6 unspecified atom stereocenters. The van der Waals surface area contributed by atoms with Crippen LogP contribution in [0, 0.1) is 46.8 Å². The van der Waals surface area contributed by atoms with Gasteiger partial charge in [0.05, 0.1) is 11.8 Å². The molecule has 2 aromatic carbocycles. The lowest BCUT2D eigenvalue weighted by atomic mass is 9.56. The number of halogens is 7. The van der Waals surface area contributed by atoms with Gasteiger partial charge in [0.2, 0.25) is 17.6 Å². The van der Waals surface area contributed by atoms with Gasteiger partial charge in [-0.15, -0.1) is 29.8 Å². The number of phenolic OH excluding ortho intramolecular Hbond substituents is 1. The van der Waals surface area contributed by atoms with Crippen molar-refractivity contribution in [2.24, 2.45) is 17.8 Å². The highest BCUT2D eigenvalue weighted by Gasteiger charge is 2.77. The number of benzene rings is 2. The zero-order valence-corrected chi connectivity index (χ0v) is 24.2. The number of imide groups is 2. The van der Waals surface area contributed by atoms with Gasteiger partial charge in [0.25, 0.3) is 11.8 Å². The fraction of sp³-hybridized carbons (Fsp3) is 0.333. The van der Waals surface area contributed by atoms with Gasteiger partial charge >= 0.3 is 0 Å². The molecule has 2 aromatic rings. The van der Waals surface area contributed by atoms with Gasteiger partial charge in [0.1, 0.15) is 11.4 Å². The van der Waals surface area contributed by atoms with E-state index >= 15 is 8.78 Å². The van der Waals surface area contributed by atoms with E-state index in [1.807, 2.05) is 0 Å². The largest absolute Gasteiger partial charge is 0.507 e. The number of amides is 4. The standard InChI is InChI=1S/C30H21Cl2F5N2O5/c1-3-5-11-6-4-7-14(24(11)40)17-12-8-9-13-16(26(42)38(2)25(13)41)15(12)10-29(31)27(43)39(28(44)30(17,29)32)23-21(36)19(34)18(33)20(35)22(23)37/h3-4,6-8,13,15-17,40H,1,5,9-10H2,2H3. The third-order valence-electron chi connectivity index (χ3n) is 9.27. The van der Waals surface area contributed by atoms with E-state index in [1.54, 1.807) is 6.08 Å². The van der Waals surface area contributed by atoms with Crippen molar-refractivity contribution in [2.45, 2.75) is 34.9 Å². The van der Waals surface area contributed by atoms with E-state index in [1.165, 1.54) is 31.3 Å². The molecule has 6 rings (SSSR count). The van der Waals surface area contributed by atoms with Crippen molar-refractivity contribution in [1.82, 2.24) is 4.90 Å². The van der Waals surface area contributed by atoms with Crippen LogP contribution >= 0.6 is 23.2 Å². The Morgan fingerprint density at radius 2 is 1.57 bits per heavy atom. The molecular weight excluding hydrogens is 634 g/mol. The molecule has 1 saturated carbocycles. The maximum absolute atomic E-state index is 15.1.